The van der Waals surface area contributed by atoms with Crippen molar-refractivity contribution in [3.63, 3.8) is 0 Å². The highest BCUT2D eigenvalue weighted by molar-refractivity contribution is 14.1. The maximum absolute atomic E-state index is 11.5. The molecule has 2 aromatic carbocycles. The Kier molecular flexibility index (Phi) is 5.30. The van der Waals surface area contributed by atoms with Crippen molar-refractivity contribution < 1.29 is 12.6 Å². The fourth-order valence-electron chi connectivity index (χ4n) is 2.02. The number of hydrogen-bond acceptors (Lipinski definition) is 3. The zero-order valence-corrected chi connectivity index (χ0v) is 14.4. The molecule has 0 bridgehead atoms. The van der Waals surface area contributed by atoms with Crippen LogP contribution in [-0.4, -0.2) is 13.2 Å². The number of hydrogen-bond donors (Lipinski definition) is 1. The number of rotatable bonds is 3. The molecule has 0 aliphatic heterocycles. The average molecular weight is 418 g/mol. The second kappa shape index (κ2) is 7.00. The lowest BCUT2D eigenvalue weighted by atomic mass is 10.0. The largest absolute Gasteiger partial charge is 0.497 e. The zero-order chi connectivity index (χ0) is 15.4. The molecule has 2 rings (SSSR count). The van der Waals surface area contributed by atoms with Crippen molar-refractivity contribution in [1.82, 2.24) is 0 Å². The van der Waals surface area contributed by atoms with E-state index in [2.05, 4.69) is 8.38 Å². The van der Waals surface area contributed by atoms with E-state index in [0.29, 0.717) is 16.5 Å². The molecule has 0 spiro atoms. The van der Waals surface area contributed by atoms with E-state index in [4.69, 9.17) is 16.3 Å². The minimum atomic E-state index is -0.541. The maximum atomic E-state index is 11.5. The fourth-order valence-corrected chi connectivity index (χ4v) is 2.42. The molecule has 21 heavy (non-hydrogen) atoms. The van der Waals surface area contributed by atoms with Gasteiger partial charge in [0, 0.05) is 10.6 Å². The summed E-state index contributed by atoms with van der Waals surface area (Å²) in [5.74, 6) is 0.691. The van der Waals surface area contributed by atoms with Gasteiger partial charge in [0.15, 0.2) is 23.0 Å². The first-order valence-electron chi connectivity index (χ1n) is 6.08. The first kappa shape index (κ1) is 15.9. The molecular formula is C15H13ClINO3. The van der Waals surface area contributed by atoms with Crippen LogP contribution in [0.5, 0.6) is 5.75 Å². The van der Waals surface area contributed by atoms with Crippen LogP contribution in [0.2, 0.25) is 5.02 Å². The number of nitrogens with one attached hydrogen (secondary N) is 1. The minimum absolute atomic E-state index is 0.541. The van der Waals surface area contributed by atoms with Crippen molar-refractivity contribution in [2.75, 3.05) is 12.4 Å². The number of aryl methyl sites for hydroxylation is 1. The number of anilines is 1. The Morgan fingerprint density at radius 1 is 1.24 bits per heavy atom. The highest BCUT2D eigenvalue weighted by Crippen LogP contribution is 2.34. The van der Waals surface area contributed by atoms with Crippen molar-refractivity contribution in [3.05, 3.63) is 47.0 Å². The lowest BCUT2D eigenvalue weighted by Crippen LogP contribution is -2.09. The standard InChI is InChI=1S/C15H13ClINO3/c1-9-5-10(7-11(16)6-9)13-8-12(20-2)3-4-14(13)18-15(19)21-17/h3-8H,1-2H3,(H,18,19). The Hall–Kier alpha value is -1.47. The molecule has 0 aliphatic rings. The molecule has 0 heterocycles. The quantitative estimate of drug-likeness (QED) is 0.696. The Morgan fingerprint density at radius 3 is 2.62 bits per heavy atom. The average Bonchev–Trinajstić information content (AvgIpc) is 2.46. The molecule has 1 amide bonds. The summed E-state index contributed by atoms with van der Waals surface area (Å²) in [6, 6.07) is 11.1. The molecule has 0 saturated carbocycles. The van der Waals surface area contributed by atoms with Gasteiger partial charge in [-0.2, -0.15) is 0 Å². The highest BCUT2D eigenvalue weighted by atomic mass is 127. The third kappa shape index (κ3) is 4.01. The predicted octanol–water partition coefficient (Wildman–Crippen LogP) is 5.22. The number of methoxy groups -OCH3 is 1. The van der Waals surface area contributed by atoms with Gasteiger partial charge in [-0.15, -0.1) is 0 Å². The lowest BCUT2D eigenvalue weighted by molar-refractivity contribution is 0.228. The molecule has 4 nitrogen and oxygen atoms in total. The van der Waals surface area contributed by atoms with Gasteiger partial charge in [0.1, 0.15) is 5.75 Å². The molecule has 0 atom stereocenters. The van der Waals surface area contributed by atoms with Crippen molar-refractivity contribution in [2.45, 2.75) is 6.92 Å². The fraction of sp³-hybridized carbons (Fsp3) is 0.133. The summed E-state index contributed by atoms with van der Waals surface area (Å²) < 4.78 is 9.86. The van der Waals surface area contributed by atoms with E-state index in [9.17, 15) is 4.79 Å². The van der Waals surface area contributed by atoms with Crippen LogP contribution in [0, 0.1) is 6.92 Å². The molecule has 0 unspecified atom stereocenters. The van der Waals surface area contributed by atoms with Gasteiger partial charge in [0.05, 0.1) is 12.8 Å². The van der Waals surface area contributed by atoms with Gasteiger partial charge in [-0.3, -0.25) is 5.32 Å². The van der Waals surface area contributed by atoms with E-state index < -0.39 is 6.09 Å². The summed E-state index contributed by atoms with van der Waals surface area (Å²) in [5, 5.41) is 3.32. The summed E-state index contributed by atoms with van der Waals surface area (Å²) in [6.07, 6.45) is -0.541. The van der Waals surface area contributed by atoms with Crippen LogP contribution in [-0.2, 0) is 3.07 Å². The topological polar surface area (TPSA) is 47.6 Å². The van der Waals surface area contributed by atoms with Crippen molar-refractivity contribution in [3.8, 4) is 16.9 Å². The van der Waals surface area contributed by atoms with E-state index in [-0.39, 0.29) is 0 Å². The maximum Gasteiger partial charge on any atom is 0.421 e. The summed E-state index contributed by atoms with van der Waals surface area (Å²) >= 11 is 7.65. The number of ether oxygens (including phenoxy) is 1. The van der Waals surface area contributed by atoms with Gasteiger partial charge < -0.3 is 7.80 Å². The first-order valence-corrected chi connectivity index (χ1v) is 7.34. The third-order valence-corrected chi connectivity index (χ3v) is 3.50. The Bertz CT molecular complexity index is 656. The molecule has 0 radical (unpaired) electrons. The molecule has 110 valence electrons. The minimum Gasteiger partial charge on any atom is -0.497 e. The number of carbonyl (C=O) groups is 1. The van der Waals surface area contributed by atoms with Crippen molar-refractivity contribution in [1.29, 1.82) is 0 Å². The smallest absolute Gasteiger partial charge is 0.421 e. The highest BCUT2D eigenvalue weighted by Gasteiger charge is 2.11. The second-order valence-corrected chi connectivity index (χ2v) is 5.30. The molecule has 0 saturated heterocycles. The number of amides is 1. The van der Waals surface area contributed by atoms with E-state index in [0.717, 1.165) is 16.7 Å². The summed E-state index contributed by atoms with van der Waals surface area (Å²) in [6.45, 7) is 1.96. The molecule has 0 fully saturated rings. The number of carbonyl (C=O) groups excluding carboxylic acids is 1. The SMILES string of the molecule is COc1ccc(NC(=O)OI)c(-c2cc(C)cc(Cl)c2)c1. The van der Waals surface area contributed by atoms with E-state index >= 15 is 0 Å². The summed E-state index contributed by atoms with van der Waals surface area (Å²) in [7, 11) is 1.59. The monoisotopic (exact) mass is 417 g/mol. The first-order chi connectivity index (χ1) is 10.0. The van der Waals surface area contributed by atoms with Crippen LogP contribution in [0.4, 0.5) is 10.5 Å². The summed E-state index contributed by atoms with van der Waals surface area (Å²) in [5.41, 5.74) is 3.35. The van der Waals surface area contributed by atoms with Gasteiger partial charge in [-0.1, -0.05) is 17.7 Å². The van der Waals surface area contributed by atoms with Crippen LogP contribution in [0.1, 0.15) is 5.56 Å². The predicted molar refractivity (Wildman–Crippen MR) is 92.3 cm³/mol. The number of benzene rings is 2. The van der Waals surface area contributed by atoms with Gasteiger partial charge in [0.2, 0.25) is 0 Å². The molecular weight excluding hydrogens is 405 g/mol. The van der Waals surface area contributed by atoms with Gasteiger partial charge in [-0.05, 0) is 48.4 Å². The normalized spacial score (nSPS) is 10.1. The number of halogens is 2. The van der Waals surface area contributed by atoms with E-state index in [1.807, 2.05) is 31.2 Å². The van der Waals surface area contributed by atoms with Gasteiger partial charge in [0.25, 0.3) is 0 Å². The Morgan fingerprint density at radius 2 is 2.00 bits per heavy atom. The summed E-state index contributed by atoms with van der Waals surface area (Å²) in [4.78, 5) is 11.5. The Balaban J connectivity index is 2.54. The molecule has 0 aromatic heterocycles. The second-order valence-electron chi connectivity index (χ2n) is 4.42. The third-order valence-electron chi connectivity index (χ3n) is 2.89. The molecule has 0 aliphatic carbocycles. The van der Waals surface area contributed by atoms with E-state index in [1.54, 1.807) is 19.2 Å². The molecule has 1 N–H and O–H groups in total. The van der Waals surface area contributed by atoms with Crippen LogP contribution >= 0.6 is 34.6 Å². The van der Waals surface area contributed by atoms with Crippen LogP contribution in [0.25, 0.3) is 11.1 Å². The Labute approximate surface area is 142 Å². The molecule has 2 aromatic rings. The molecule has 6 heteroatoms. The van der Waals surface area contributed by atoms with E-state index in [1.165, 1.54) is 23.0 Å². The lowest BCUT2D eigenvalue weighted by Gasteiger charge is -2.13. The van der Waals surface area contributed by atoms with Gasteiger partial charge in [-0.25, -0.2) is 4.79 Å². The zero-order valence-electron chi connectivity index (χ0n) is 11.4. The van der Waals surface area contributed by atoms with Crippen LogP contribution in [0.3, 0.4) is 0 Å². The van der Waals surface area contributed by atoms with Crippen molar-refractivity contribution >= 4 is 46.4 Å². The van der Waals surface area contributed by atoms with Crippen molar-refractivity contribution in [2.24, 2.45) is 0 Å². The van der Waals surface area contributed by atoms with Crippen LogP contribution < -0.4 is 10.1 Å². The van der Waals surface area contributed by atoms with Crippen LogP contribution in [0.15, 0.2) is 36.4 Å². The van der Waals surface area contributed by atoms with Gasteiger partial charge >= 0.3 is 6.09 Å².